The topological polar surface area (TPSA) is 157 Å². The van der Waals surface area contributed by atoms with Crippen molar-refractivity contribution in [3.8, 4) is 0 Å². The van der Waals surface area contributed by atoms with E-state index in [1.54, 1.807) is 4.90 Å². The van der Waals surface area contributed by atoms with E-state index in [4.69, 9.17) is 17.2 Å². The van der Waals surface area contributed by atoms with Gasteiger partial charge in [-0.2, -0.15) is 0 Å². The van der Waals surface area contributed by atoms with Crippen molar-refractivity contribution in [2.45, 2.75) is 44.6 Å². The van der Waals surface area contributed by atoms with Crippen molar-refractivity contribution in [2.75, 3.05) is 39.3 Å². The molecule has 0 unspecified atom stereocenters. The fraction of sp³-hybridized carbons (Fsp3) is 0.536. The Morgan fingerprint density at radius 2 is 1.46 bits per heavy atom. The predicted octanol–water partition coefficient (Wildman–Crippen LogP) is 0.885. The van der Waals surface area contributed by atoms with Crippen LogP contribution in [0.25, 0.3) is 10.8 Å². The Hall–Kier alpha value is -3.01. The molecule has 1 aliphatic heterocycles. The molecule has 9 nitrogen and oxygen atoms in total. The molecule has 202 valence electrons. The molecule has 1 heterocycles. The van der Waals surface area contributed by atoms with Gasteiger partial charge in [0.05, 0.1) is 17.9 Å². The van der Waals surface area contributed by atoms with Crippen LogP contribution in [0.5, 0.6) is 0 Å². The van der Waals surface area contributed by atoms with Gasteiger partial charge in [0, 0.05) is 26.2 Å². The van der Waals surface area contributed by atoms with Crippen LogP contribution in [0, 0.1) is 11.8 Å². The SMILES string of the molecule is NCCCCNC(=O)[C@@H]1CN(C(=O)[C@@H](N)CCCCN)C[C@H]1C(=O)NCCc1ccc2ccccc2c1. The van der Waals surface area contributed by atoms with E-state index in [-0.39, 0.29) is 30.8 Å². The molecule has 3 atom stereocenters. The molecule has 0 spiro atoms. The number of rotatable bonds is 14. The van der Waals surface area contributed by atoms with E-state index in [2.05, 4.69) is 41.0 Å². The van der Waals surface area contributed by atoms with Crippen LogP contribution < -0.4 is 27.8 Å². The monoisotopic (exact) mass is 510 g/mol. The predicted molar refractivity (Wildman–Crippen MR) is 146 cm³/mol. The highest BCUT2D eigenvalue weighted by atomic mass is 16.2. The lowest BCUT2D eigenvalue weighted by atomic mass is 9.94. The molecular formula is C28H42N6O3. The van der Waals surface area contributed by atoms with E-state index >= 15 is 0 Å². The van der Waals surface area contributed by atoms with Gasteiger partial charge in [-0.1, -0.05) is 48.9 Å². The lowest BCUT2D eigenvalue weighted by molar-refractivity contribution is -0.132. The Balaban J connectivity index is 1.60. The average molecular weight is 511 g/mol. The van der Waals surface area contributed by atoms with E-state index in [9.17, 15) is 14.4 Å². The highest BCUT2D eigenvalue weighted by Gasteiger charge is 2.44. The van der Waals surface area contributed by atoms with Crippen LogP contribution in [0.1, 0.15) is 37.7 Å². The number of hydrogen-bond donors (Lipinski definition) is 5. The summed E-state index contributed by atoms with van der Waals surface area (Å²) >= 11 is 0. The molecule has 0 aliphatic carbocycles. The molecule has 0 bridgehead atoms. The highest BCUT2D eigenvalue weighted by Crippen LogP contribution is 2.25. The van der Waals surface area contributed by atoms with Gasteiger partial charge in [-0.05, 0) is 61.5 Å². The summed E-state index contributed by atoms with van der Waals surface area (Å²) in [5, 5.41) is 8.24. The number of nitrogens with one attached hydrogen (secondary N) is 2. The molecule has 8 N–H and O–H groups in total. The van der Waals surface area contributed by atoms with Crippen LogP contribution in [0.2, 0.25) is 0 Å². The van der Waals surface area contributed by atoms with Gasteiger partial charge in [-0.15, -0.1) is 0 Å². The van der Waals surface area contributed by atoms with E-state index in [1.165, 1.54) is 5.39 Å². The largest absolute Gasteiger partial charge is 0.356 e. The van der Waals surface area contributed by atoms with Gasteiger partial charge in [-0.3, -0.25) is 14.4 Å². The molecule has 3 amide bonds. The van der Waals surface area contributed by atoms with Crippen molar-refractivity contribution < 1.29 is 14.4 Å². The Morgan fingerprint density at radius 3 is 2.14 bits per heavy atom. The number of likely N-dealkylation sites (tertiary alicyclic amines) is 1. The van der Waals surface area contributed by atoms with Gasteiger partial charge in [0.25, 0.3) is 0 Å². The maximum Gasteiger partial charge on any atom is 0.239 e. The molecule has 0 radical (unpaired) electrons. The van der Waals surface area contributed by atoms with Crippen molar-refractivity contribution in [2.24, 2.45) is 29.0 Å². The number of nitrogens with zero attached hydrogens (tertiary/aromatic N) is 1. The van der Waals surface area contributed by atoms with Crippen LogP contribution in [0.15, 0.2) is 42.5 Å². The van der Waals surface area contributed by atoms with E-state index < -0.39 is 17.9 Å². The number of unbranched alkanes of at least 4 members (excludes halogenated alkanes) is 2. The zero-order valence-electron chi connectivity index (χ0n) is 21.7. The average Bonchev–Trinajstić information content (AvgIpc) is 3.36. The van der Waals surface area contributed by atoms with Crippen LogP contribution in [0.3, 0.4) is 0 Å². The molecule has 2 aromatic carbocycles. The first-order valence-corrected chi connectivity index (χ1v) is 13.4. The summed E-state index contributed by atoms with van der Waals surface area (Å²) in [4.78, 5) is 40.7. The number of amides is 3. The third kappa shape index (κ3) is 8.24. The standard InChI is InChI=1S/C28H42N6O3/c29-13-4-3-9-25(31)28(37)34-18-23(26(35)32-15-6-5-14-30)24(19-34)27(36)33-16-12-20-10-11-21-7-1-2-8-22(21)17-20/h1-2,7-8,10-11,17,23-25H,3-6,9,12-16,18-19,29-31H2,(H,32,35)(H,33,36)/t23-,24-,25+/m1/s1. The lowest BCUT2D eigenvalue weighted by Gasteiger charge is -2.20. The van der Waals surface area contributed by atoms with Crippen LogP contribution in [0.4, 0.5) is 0 Å². The highest BCUT2D eigenvalue weighted by molar-refractivity contribution is 5.91. The maximum absolute atomic E-state index is 13.2. The summed E-state index contributed by atoms with van der Waals surface area (Å²) in [6, 6.07) is 13.8. The van der Waals surface area contributed by atoms with Gasteiger partial charge in [0.1, 0.15) is 0 Å². The van der Waals surface area contributed by atoms with Crippen molar-refractivity contribution in [1.29, 1.82) is 0 Å². The second-order valence-electron chi connectivity index (χ2n) is 9.86. The number of fused-ring (bicyclic) bond motifs is 1. The Labute approximate surface area is 219 Å². The van der Waals surface area contributed by atoms with Gasteiger partial charge in [-0.25, -0.2) is 0 Å². The molecular weight excluding hydrogens is 468 g/mol. The minimum Gasteiger partial charge on any atom is -0.356 e. The maximum atomic E-state index is 13.2. The first-order chi connectivity index (χ1) is 17.9. The summed E-state index contributed by atoms with van der Waals surface area (Å²) in [6.45, 7) is 2.44. The van der Waals surface area contributed by atoms with E-state index in [1.807, 2.05) is 12.1 Å². The van der Waals surface area contributed by atoms with Gasteiger partial charge in [0.15, 0.2) is 0 Å². The fourth-order valence-corrected chi connectivity index (χ4v) is 4.85. The minimum atomic E-state index is -0.658. The molecule has 37 heavy (non-hydrogen) atoms. The molecule has 3 rings (SSSR count). The fourth-order valence-electron chi connectivity index (χ4n) is 4.85. The molecule has 0 saturated carbocycles. The van der Waals surface area contributed by atoms with Crippen molar-refractivity contribution in [3.63, 3.8) is 0 Å². The van der Waals surface area contributed by atoms with E-state index in [0.717, 1.165) is 36.6 Å². The Morgan fingerprint density at radius 1 is 0.838 bits per heavy atom. The molecule has 2 aromatic rings. The Kier molecular flexibility index (Phi) is 11.3. The van der Waals surface area contributed by atoms with Crippen molar-refractivity contribution in [1.82, 2.24) is 15.5 Å². The van der Waals surface area contributed by atoms with Gasteiger partial charge in [0.2, 0.25) is 17.7 Å². The first-order valence-electron chi connectivity index (χ1n) is 13.4. The quantitative estimate of drug-likeness (QED) is 0.238. The summed E-state index contributed by atoms with van der Waals surface area (Å²) < 4.78 is 0. The molecule has 9 heteroatoms. The normalized spacial score (nSPS) is 18.1. The Bertz CT molecular complexity index is 1050. The smallest absolute Gasteiger partial charge is 0.239 e. The summed E-state index contributed by atoms with van der Waals surface area (Å²) in [5.74, 6) is -1.87. The van der Waals surface area contributed by atoms with Crippen molar-refractivity contribution >= 4 is 28.5 Å². The van der Waals surface area contributed by atoms with E-state index in [0.29, 0.717) is 39.0 Å². The van der Waals surface area contributed by atoms with Crippen LogP contribution in [-0.2, 0) is 20.8 Å². The van der Waals surface area contributed by atoms with Crippen LogP contribution >= 0.6 is 0 Å². The zero-order chi connectivity index (χ0) is 26.6. The van der Waals surface area contributed by atoms with Crippen LogP contribution in [-0.4, -0.2) is 67.9 Å². The third-order valence-electron chi connectivity index (χ3n) is 7.05. The number of hydrogen-bond acceptors (Lipinski definition) is 6. The molecule has 0 aromatic heterocycles. The zero-order valence-corrected chi connectivity index (χ0v) is 21.7. The third-order valence-corrected chi connectivity index (χ3v) is 7.05. The van der Waals surface area contributed by atoms with Gasteiger partial charge >= 0.3 is 0 Å². The van der Waals surface area contributed by atoms with Crippen molar-refractivity contribution in [3.05, 3.63) is 48.0 Å². The number of benzene rings is 2. The first kappa shape index (κ1) is 28.6. The number of nitrogens with two attached hydrogens (primary N) is 3. The summed E-state index contributed by atoms with van der Waals surface area (Å²) in [7, 11) is 0. The summed E-state index contributed by atoms with van der Waals surface area (Å²) in [6.07, 6.45) is 4.36. The minimum absolute atomic E-state index is 0.187. The second-order valence-corrected chi connectivity index (χ2v) is 9.86. The molecule has 1 aliphatic rings. The lowest BCUT2D eigenvalue weighted by Crippen LogP contribution is -2.43. The number of carbonyl (C=O) groups is 3. The van der Waals surface area contributed by atoms with Gasteiger partial charge < -0.3 is 32.7 Å². The summed E-state index contributed by atoms with van der Waals surface area (Å²) in [5.41, 5.74) is 18.3. The number of carbonyl (C=O) groups excluding carboxylic acids is 3. The molecule has 1 saturated heterocycles. The molecule has 1 fully saturated rings. The second kappa shape index (κ2) is 14.7.